The van der Waals surface area contributed by atoms with Crippen LogP contribution in [0.25, 0.3) is 11.1 Å². The monoisotopic (exact) mass is 383 g/mol. The van der Waals surface area contributed by atoms with Crippen LogP contribution in [0, 0.1) is 0 Å². The molecule has 28 heavy (non-hydrogen) atoms. The molecule has 0 aliphatic carbocycles. The second-order valence-electron chi connectivity index (χ2n) is 7.09. The number of fused-ring (bicyclic) bond motifs is 1. The molecule has 1 aromatic carbocycles. The van der Waals surface area contributed by atoms with Gasteiger partial charge in [0, 0.05) is 30.4 Å². The number of benzene rings is 1. The number of carbonyl (C=O) groups excluding carboxylic acids is 2. The molecule has 0 unspecified atom stereocenters. The maximum atomic E-state index is 12.1. The Morgan fingerprint density at radius 2 is 1.93 bits per heavy atom. The molecule has 7 nitrogen and oxygen atoms in total. The van der Waals surface area contributed by atoms with E-state index in [2.05, 4.69) is 23.3 Å². The van der Waals surface area contributed by atoms with Crippen LogP contribution in [0.15, 0.2) is 36.5 Å². The molecule has 1 aliphatic rings. The highest BCUT2D eigenvalue weighted by molar-refractivity contribution is 5.94. The maximum absolute atomic E-state index is 12.1. The Hall–Kier alpha value is -2.77. The van der Waals surface area contributed by atoms with Crippen LogP contribution in [-0.2, 0) is 11.2 Å². The molecule has 0 bridgehead atoms. The van der Waals surface area contributed by atoms with E-state index < -0.39 is 11.9 Å². The summed E-state index contributed by atoms with van der Waals surface area (Å²) >= 11 is 0. The molecule has 0 radical (unpaired) electrons. The molecule has 1 aromatic heterocycles. The van der Waals surface area contributed by atoms with Crippen LogP contribution in [-0.4, -0.2) is 52.3 Å². The Bertz CT molecular complexity index is 862. The lowest BCUT2D eigenvalue weighted by Crippen LogP contribution is -2.40. The van der Waals surface area contributed by atoms with Gasteiger partial charge in [0.15, 0.2) is 0 Å². The number of anilines is 1. The molecular weight excluding hydrogens is 358 g/mol. The Morgan fingerprint density at radius 3 is 2.54 bits per heavy atom. The third-order valence-electron chi connectivity index (χ3n) is 5.06. The first-order valence-corrected chi connectivity index (χ1v) is 9.36. The van der Waals surface area contributed by atoms with Crippen molar-refractivity contribution in [2.24, 2.45) is 0 Å². The van der Waals surface area contributed by atoms with Gasteiger partial charge in [0.05, 0.1) is 19.3 Å². The number of nitrogens with one attached hydrogen (secondary N) is 1. The normalized spacial score (nSPS) is 16.0. The average molecular weight is 383 g/mol. The van der Waals surface area contributed by atoms with Crippen molar-refractivity contribution in [1.82, 2.24) is 10.3 Å². The van der Waals surface area contributed by atoms with Crippen molar-refractivity contribution in [3.63, 3.8) is 0 Å². The summed E-state index contributed by atoms with van der Waals surface area (Å²) in [4.78, 5) is 30.1. The van der Waals surface area contributed by atoms with Gasteiger partial charge < -0.3 is 20.4 Å². The van der Waals surface area contributed by atoms with E-state index in [-0.39, 0.29) is 30.9 Å². The van der Waals surface area contributed by atoms with Gasteiger partial charge in [-0.25, -0.2) is 0 Å². The van der Waals surface area contributed by atoms with Gasteiger partial charge in [0.1, 0.15) is 5.69 Å². The van der Waals surface area contributed by atoms with Crippen molar-refractivity contribution in [3.8, 4) is 11.1 Å². The largest absolute Gasteiger partial charge is 0.394 e. The second-order valence-corrected chi connectivity index (χ2v) is 7.09. The van der Waals surface area contributed by atoms with Crippen molar-refractivity contribution >= 4 is 17.5 Å². The second kappa shape index (κ2) is 8.50. The van der Waals surface area contributed by atoms with Gasteiger partial charge in [0.2, 0.25) is 5.91 Å². The zero-order valence-electron chi connectivity index (χ0n) is 16.1. The number of rotatable bonds is 5. The molecule has 1 aliphatic heterocycles. The molecule has 7 heteroatoms. The minimum absolute atomic E-state index is 0.0438. The summed E-state index contributed by atoms with van der Waals surface area (Å²) in [5.41, 5.74) is 4.14. The molecule has 2 heterocycles. The van der Waals surface area contributed by atoms with E-state index in [0.717, 1.165) is 35.2 Å². The first kappa shape index (κ1) is 20.0. The van der Waals surface area contributed by atoms with Gasteiger partial charge in [-0.05, 0) is 49.1 Å². The van der Waals surface area contributed by atoms with E-state index in [1.165, 1.54) is 0 Å². The van der Waals surface area contributed by atoms with Crippen molar-refractivity contribution in [1.29, 1.82) is 0 Å². The Labute approximate surface area is 164 Å². The fourth-order valence-corrected chi connectivity index (χ4v) is 3.52. The lowest BCUT2D eigenvalue weighted by atomic mass is 9.93. The van der Waals surface area contributed by atoms with Gasteiger partial charge in [0.25, 0.3) is 5.91 Å². The Balaban J connectivity index is 1.81. The van der Waals surface area contributed by atoms with E-state index in [1.807, 2.05) is 23.1 Å². The van der Waals surface area contributed by atoms with Crippen LogP contribution in [0.4, 0.5) is 5.69 Å². The van der Waals surface area contributed by atoms with Crippen LogP contribution in [0.3, 0.4) is 0 Å². The number of hydrogen-bond acceptors (Lipinski definition) is 5. The highest BCUT2D eigenvalue weighted by atomic mass is 16.3. The molecule has 0 spiro atoms. The summed E-state index contributed by atoms with van der Waals surface area (Å²) in [6.45, 7) is 2.96. The van der Waals surface area contributed by atoms with E-state index in [9.17, 15) is 9.59 Å². The fraction of sp³-hybridized carbons (Fsp3) is 0.381. The zero-order valence-corrected chi connectivity index (χ0v) is 16.1. The molecule has 148 valence electrons. The average Bonchev–Trinajstić information content (AvgIpc) is 2.71. The quantitative estimate of drug-likeness (QED) is 0.726. The van der Waals surface area contributed by atoms with Crippen molar-refractivity contribution in [3.05, 3.63) is 47.8 Å². The summed E-state index contributed by atoms with van der Waals surface area (Å²) in [6, 6.07) is 8.90. The number of pyridine rings is 1. The van der Waals surface area contributed by atoms with Crippen molar-refractivity contribution in [2.45, 2.75) is 38.8 Å². The lowest BCUT2D eigenvalue weighted by Gasteiger charge is -2.34. The molecule has 3 rings (SSSR count). The standard InChI is InChI=1S/C21H25N3O4/c1-13-3-4-16-9-15(6-8-20(16)24(13)14(2)27)17-5-7-19(22-10-17)21(28)23-18(11-25)12-26/h5-10,13,18,25-26H,3-4,11-12H2,1-2H3,(H,23,28)/t13-/m0/s1. The van der Waals surface area contributed by atoms with E-state index in [1.54, 1.807) is 19.2 Å². The van der Waals surface area contributed by atoms with E-state index >= 15 is 0 Å². The molecule has 0 saturated carbocycles. The maximum Gasteiger partial charge on any atom is 0.270 e. The highest BCUT2D eigenvalue weighted by Crippen LogP contribution is 2.34. The molecule has 0 fully saturated rings. The number of amides is 2. The number of aromatic nitrogens is 1. The number of hydrogen-bond donors (Lipinski definition) is 3. The Morgan fingerprint density at radius 1 is 1.21 bits per heavy atom. The predicted octanol–water partition coefficient (Wildman–Crippen LogP) is 1.52. The van der Waals surface area contributed by atoms with Crippen LogP contribution in [0.1, 0.15) is 36.3 Å². The minimum atomic E-state index is -0.707. The molecule has 2 aromatic rings. The summed E-state index contributed by atoms with van der Waals surface area (Å²) in [7, 11) is 0. The molecule has 3 N–H and O–H groups in total. The SMILES string of the molecule is CC(=O)N1c2ccc(-c3ccc(C(=O)NC(CO)CO)nc3)cc2CC[C@@H]1C. The van der Waals surface area contributed by atoms with Crippen LogP contribution >= 0.6 is 0 Å². The molecule has 2 amide bonds. The number of carbonyl (C=O) groups is 2. The molecule has 1 atom stereocenters. The predicted molar refractivity (Wildman–Crippen MR) is 106 cm³/mol. The van der Waals surface area contributed by atoms with E-state index in [4.69, 9.17) is 10.2 Å². The topological polar surface area (TPSA) is 103 Å². The minimum Gasteiger partial charge on any atom is -0.394 e. The third-order valence-corrected chi connectivity index (χ3v) is 5.06. The van der Waals surface area contributed by atoms with Gasteiger partial charge >= 0.3 is 0 Å². The summed E-state index contributed by atoms with van der Waals surface area (Å²) in [6.07, 6.45) is 3.45. The molecule has 0 saturated heterocycles. The van der Waals surface area contributed by atoms with Crippen molar-refractivity contribution in [2.75, 3.05) is 18.1 Å². The summed E-state index contributed by atoms with van der Waals surface area (Å²) in [5, 5.41) is 20.6. The van der Waals surface area contributed by atoms with Crippen LogP contribution < -0.4 is 10.2 Å². The van der Waals surface area contributed by atoms with Gasteiger partial charge in [-0.2, -0.15) is 0 Å². The first-order chi connectivity index (χ1) is 13.4. The summed E-state index contributed by atoms with van der Waals surface area (Å²) in [5.74, 6) is -0.404. The fourth-order valence-electron chi connectivity index (χ4n) is 3.52. The van der Waals surface area contributed by atoms with E-state index in [0.29, 0.717) is 0 Å². The van der Waals surface area contributed by atoms with Gasteiger partial charge in [-0.1, -0.05) is 12.1 Å². The number of aliphatic hydroxyl groups is 2. The summed E-state index contributed by atoms with van der Waals surface area (Å²) < 4.78 is 0. The number of aliphatic hydroxyl groups excluding tert-OH is 2. The van der Waals surface area contributed by atoms with Gasteiger partial charge in [-0.3, -0.25) is 14.6 Å². The van der Waals surface area contributed by atoms with Gasteiger partial charge in [-0.15, -0.1) is 0 Å². The lowest BCUT2D eigenvalue weighted by molar-refractivity contribution is -0.117. The Kier molecular flexibility index (Phi) is 6.06. The van der Waals surface area contributed by atoms with Crippen LogP contribution in [0.2, 0.25) is 0 Å². The molecular formula is C21H25N3O4. The number of nitrogens with zero attached hydrogens (tertiary/aromatic N) is 2. The third kappa shape index (κ3) is 4.05. The zero-order chi connectivity index (χ0) is 20.3. The smallest absolute Gasteiger partial charge is 0.270 e. The van der Waals surface area contributed by atoms with Crippen molar-refractivity contribution < 1.29 is 19.8 Å². The number of aryl methyl sites for hydroxylation is 1. The first-order valence-electron chi connectivity index (χ1n) is 9.36. The highest BCUT2D eigenvalue weighted by Gasteiger charge is 2.26. The van der Waals surface area contributed by atoms with Crippen LogP contribution in [0.5, 0.6) is 0 Å².